The monoisotopic (exact) mass is 727 g/mol. The molecule has 5 aromatic carbocycles. The van der Waals surface area contributed by atoms with Gasteiger partial charge < -0.3 is 25.6 Å². The van der Waals surface area contributed by atoms with Crippen LogP contribution in [0.5, 0.6) is 5.75 Å². The Labute approximate surface area is 310 Å². The van der Waals surface area contributed by atoms with Crippen LogP contribution < -0.4 is 25.6 Å². The van der Waals surface area contributed by atoms with Gasteiger partial charge in [-0.05, 0) is 84.8 Å². The van der Waals surface area contributed by atoms with Gasteiger partial charge in [-0.15, -0.1) is 11.8 Å². The number of carbonyl (C=O) groups excluding carboxylic acids is 3. The maximum Gasteiger partial charge on any atom is 0.272 e. The lowest BCUT2D eigenvalue weighted by Gasteiger charge is -2.17. The van der Waals surface area contributed by atoms with Crippen molar-refractivity contribution in [3.63, 3.8) is 0 Å². The van der Waals surface area contributed by atoms with Gasteiger partial charge in [0.15, 0.2) is 5.13 Å². The van der Waals surface area contributed by atoms with E-state index in [-0.39, 0.29) is 11.6 Å². The number of thiazole rings is 1. The largest absolute Gasteiger partial charge is 0.494 e. The molecule has 1 atom stereocenters. The Balaban J connectivity index is 1.22. The summed E-state index contributed by atoms with van der Waals surface area (Å²) in [5.74, 6) is -0.385. The average Bonchev–Trinajstić information content (AvgIpc) is 3.56. The number of hydrogen-bond donors (Lipinski definition) is 3. The van der Waals surface area contributed by atoms with Crippen LogP contribution in [0, 0.1) is 0 Å². The molecule has 3 amide bonds. The molecule has 1 unspecified atom stereocenters. The molecule has 1 aromatic heterocycles. The molecule has 1 heterocycles. The first-order valence-electron chi connectivity index (χ1n) is 16.6. The number of fused-ring (bicyclic) bond motifs is 1. The maximum absolute atomic E-state index is 13.9. The van der Waals surface area contributed by atoms with Crippen LogP contribution in [0.25, 0.3) is 16.3 Å². The lowest BCUT2D eigenvalue weighted by molar-refractivity contribution is -0.116. The first-order valence-corrected chi connectivity index (χ1v) is 18.3. The van der Waals surface area contributed by atoms with Gasteiger partial charge in [0.05, 0.1) is 16.8 Å². The summed E-state index contributed by atoms with van der Waals surface area (Å²) in [5.41, 5.74) is 4.34. The number of rotatable bonds is 13. The van der Waals surface area contributed by atoms with Gasteiger partial charge in [-0.1, -0.05) is 78.1 Å². The normalized spacial score (nSPS) is 11.8. The molecule has 0 aliphatic carbocycles. The second-order valence-corrected chi connectivity index (χ2v) is 14.0. The molecule has 0 fully saturated rings. The number of benzene rings is 5. The van der Waals surface area contributed by atoms with Crippen LogP contribution in [0.2, 0.25) is 0 Å². The smallest absolute Gasteiger partial charge is 0.272 e. The molecule has 11 heteroatoms. The fourth-order valence-electron chi connectivity index (χ4n) is 5.25. The van der Waals surface area contributed by atoms with Crippen molar-refractivity contribution in [2.45, 2.75) is 17.1 Å². The van der Waals surface area contributed by atoms with Gasteiger partial charge in [0.25, 0.3) is 11.8 Å². The zero-order valence-corrected chi connectivity index (χ0v) is 30.5. The molecule has 0 bridgehead atoms. The van der Waals surface area contributed by atoms with E-state index in [9.17, 15) is 14.4 Å². The summed E-state index contributed by atoms with van der Waals surface area (Å²) < 4.78 is 6.53. The number of thioether (sulfide) groups is 1. The summed E-state index contributed by atoms with van der Waals surface area (Å²) in [7, 11) is 3.90. The van der Waals surface area contributed by atoms with Gasteiger partial charge in [0.1, 0.15) is 16.7 Å². The van der Waals surface area contributed by atoms with E-state index >= 15 is 0 Å². The second-order valence-electron chi connectivity index (χ2n) is 11.8. The Hall–Kier alpha value is -5.91. The predicted octanol–water partition coefficient (Wildman–Crippen LogP) is 8.64. The number of aromatic nitrogens is 1. The molecule has 0 aliphatic heterocycles. The number of nitrogens with one attached hydrogen (secondary N) is 3. The van der Waals surface area contributed by atoms with Crippen LogP contribution in [0.15, 0.2) is 138 Å². The van der Waals surface area contributed by atoms with Crippen molar-refractivity contribution in [1.29, 1.82) is 0 Å². The SMILES string of the molecule is CCOc1ccc2nc(NC(=O)C(Sc3cccc(NC(=O)/C(=C\c4ccc(N(C)C)cc4)NC(=O)c4ccccc4)c3)c3ccccc3)sc2c1. The van der Waals surface area contributed by atoms with Crippen LogP contribution in [-0.4, -0.2) is 43.4 Å². The van der Waals surface area contributed by atoms with Crippen LogP contribution in [0.3, 0.4) is 0 Å². The summed E-state index contributed by atoms with van der Waals surface area (Å²) in [5, 5.41) is 8.61. The van der Waals surface area contributed by atoms with Gasteiger partial charge in [0, 0.05) is 35.9 Å². The molecule has 6 rings (SSSR count). The molecule has 0 spiro atoms. The highest BCUT2D eigenvalue weighted by Crippen LogP contribution is 2.38. The minimum atomic E-state index is -0.621. The number of ether oxygens (including phenoxy) is 1. The summed E-state index contributed by atoms with van der Waals surface area (Å²) in [6.07, 6.45) is 1.64. The van der Waals surface area contributed by atoms with Gasteiger partial charge in [-0.2, -0.15) is 0 Å². The summed E-state index contributed by atoms with van der Waals surface area (Å²) in [6.45, 7) is 2.49. The topological polar surface area (TPSA) is 113 Å². The summed E-state index contributed by atoms with van der Waals surface area (Å²) in [6, 6.07) is 38.8. The lowest BCUT2D eigenvalue weighted by atomic mass is 10.1. The van der Waals surface area contributed by atoms with Crippen LogP contribution in [0.1, 0.15) is 33.7 Å². The molecule has 0 saturated heterocycles. The Morgan fingerprint density at radius 3 is 2.29 bits per heavy atom. The molecule has 52 heavy (non-hydrogen) atoms. The first kappa shape index (κ1) is 35.9. The zero-order chi connectivity index (χ0) is 36.5. The van der Waals surface area contributed by atoms with E-state index in [4.69, 9.17) is 4.74 Å². The van der Waals surface area contributed by atoms with Gasteiger partial charge >= 0.3 is 0 Å². The highest BCUT2D eigenvalue weighted by atomic mass is 32.2. The molecule has 0 radical (unpaired) electrons. The molecule has 3 N–H and O–H groups in total. The van der Waals surface area contributed by atoms with E-state index in [1.165, 1.54) is 23.1 Å². The lowest BCUT2D eigenvalue weighted by Crippen LogP contribution is -2.30. The Kier molecular flexibility index (Phi) is 11.6. The van der Waals surface area contributed by atoms with Crippen molar-refractivity contribution in [3.8, 4) is 5.75 Å². The van der Waals surface area contributed by atoms with Gasteiger partial charge in [0.2, 0.25) is 5.91 Å². The average molecular weight is 728 g/mol. The van der Waals surface area contributed by atoms with Gasteiger partial charge in [-0.25, -0.2) is 4.98 Å². The van der Waals surface area contributed by atoms with Crippen LogP contribution in [-0.2, 0) is 9.59 Å². The third-order valence-electron chi connectivity index (χ3n) is 7.84. The molecule has 262 valence electrons. The fraction of sp³-hybridized carbons (Fsp3) is 0.122. The quantitative estimate of drug-likeness (QED) is 0.0807. The third-order valence-corrected chi connectivity index (χ3v) is 10.0. The minimum Gasteiger partial charge on any atom is -0.494 e. The molecule has 0 aliphatic rings. The van der Waals surface area contributed by atoms with Gasteiger partial charge in [-0.3, -0.25) is 14.4 Å². The number of amides is 3. The first-order chi connectivity index (χ1) is 25.2. The highest BCUT2D eigenvalue weighted by molar-refractivity contribution is 8.00. The Morgan fingerprint density at radius 1 is 0.846 bits per heavy atom. The fourth-order valence-corrected chi connectivity index (χ4v) is 7.23. The third kappa shape index (κ3) is 9.25. The van der Waals surface area contributed by atoms with Crippen molar-refractivity contribution >= 4 is 73.6 Å². The molecular weight excluding hydrogens is 691 g/mol. The molecule has 0 saturated carbocycles. The zero-order valence-electron chi connectivity index (χ0n) is 28.8. The van der Waals surface area contributed by atoms with Crippen LogP contribution >= 0.6 is 23.1 Å². The van der Waals surface area contributed by atoms with Crippen molar-refractivity contribution in [1.82, 2.24) is 10.3 Å². The van der Waals surface area contributed by atoms with E-state index in [1.807, 2.05) is 117 Å². The predicted molar refractivity (Wildman–Crippen MR) is 212 cm³/mol. The second kappa shape index (κ2) is 16.9. The minimum absolute atomic E-state index is 0.0789. The van der Waals surface area contributed by atoms with Crippen molar-refractivity contribution in [2.24, 2.45) is 0 Å². The number of anilines is 3. The number of carbonyl (C=O) groups is 3. The number of hydrogen-bond acceptors (Lipinski definition) is 8. The molecule has 9 nitrogen and oxygen atoms in total. The standard InChI is InChI=1S/C41H37N5O4S2/c1-4-50-32-22-23-34-36(26-32)52-41(44-34)45-40(49)37(28-12-7-5-8-13-28)51-33-17-11-16-30(25-33)42-39(48)35(43-38(47)29-14-9-6-10-15-29)24-27-18-20-31(21-19-27)46(2)3/h5-26,37H,4H2,1-3H3,(H,42,48)(H,43,47)(H,44,45,49)/b35-24+. The Morgan fingerprint density at radius 2 is 1.58 bits per heavy atom. The Bertz CT molecular complexity index is 2200. The van der Waals surface area contributed by atoms with E-state index in [0.29, 0.717) is 23.0 Å². The summed E-state index contributed by atoms with van der Waals surface area (Å²) in [4.78, 5) is 48.1. The van der Waals surface area contributed by atoms with E-state index in [2.05, 4.69) is 20.9 Å². The summed E-state index contributed by atoms with van der Waals surface area (Å²) >= 11 is 2.74. The van der Waals surface area contributed by atoms with Crippen molar-refractivity contribution < 1.29 is 19.1 Å². The molecular formula is C41H37N5O4S2. The van der Waals surface area contributed by atoms with E-state index < -0.39 is 17.1 Å². The van der Waals surface area contributed by atoms with E-state index in [1.54, 1.807) is 42.5 Å². The van der Waals surface area contributed by atoms with Crippen molar-refractivity contribution in [3.05, 3.63) is 150 Å². The maximum atomic E-state index is 13.9. The van der Waals surface area contributed by atoms with Crippen LogP contribution in [0.4, 0.5) is 16.5 Å². The number of nitrogens with zero attached hydrogens (tertiary/aromatic N) is 2. The highest BCUT2D eigenvalue weighted by Gasteiger charge is 2.24. The molecule has 6 aromatic rings. The van der Waals surface area contributed by atoms with Crippen molar-refractivity contribution in [2.75, 3.05) is 36.2 Å². The van der Waals surface area contributed by atoms with E-state index in [0.717, 1.165) is 37.7 Å².